The molecule has 12 rings (SSSR count). The Bertz CT molecular complexity index is 3140. The molecule has 3 nitrogen and oxygen atoms in total. The quantitative estimate of drug-likeness (QED) is 0.169. The summed E-state index contributed by atoms with van der Waals surface area (Å²) in [6.07, 6.45) is 0. The summed E-state index contributed by atoms with van der Waals surface area (Å²) in [5.74, 6) is 0. The van der Waals surface area contributed by atoms with E-state index < -0.39 is 0 Å². The highest BCUT2D eigenvalue weighted by Gasteiger charge is 2.43. The largest absolute Gasteiger partial charge is 0.456 e. The third-order valence-electron chi connectivity index (χ3n) is 11.8. The highest BCUT2D eigenvalue weighted by Crippen LogP contribution is 2.45. The first-order valence-corrected chi connectivity index (χ1v) is 19.3. The first-order chi connectivity index (χ1) is 27.8. The second-order valence-corrected chi connectivity index (χ2v) is 14.8. The normalized spacial score (nSPS) is 12.9. The number of hydrogen-bond acceptors (Lipinski definition) is 3. The molecule has 0 amide bonds. The molecule has 0 unspecified atom stereocenters. The number of benzene rings is 9. The van der Waals surface area contributed by atoms with Crippen LogP contribution in [0.2, 0.25) is 0 Å². The molecule has 4 heteroatoms. The van der Waals surface area contributed by atoms with Crippen LogP contribution < -0.4 is 26.2 Å². The lowest BCUT2D eigenvalue weighted by Gasteiger charge is -2.44. The number of furan rings is 1. The fraction of sp³-hybridized carbons (Fsp3) is 0. The van der Waals surface area contributed by atoms with Crippen LogP contribution in [0.1, 0.15) is 0 Å². The summed E-state index contributed by atoms with van der Waals surface area (Å²) in [6, 6.07) is 72.7. The van der Waals surface area contributed by atoms with E-state index in [0.717, 1.165) is 27.9 Å². The Kier molecular flexibility index (Phi) is 6.72. The first kappa shape index (κ1) is 31.1. The third kappa shape index (κ3) is 4.53. The van der Waals surface area contributed by atoms with E-state index in [2.05, 4.69) is 204 Å². The van der Waals surface area contributed by atoms with E-state index in [1.165, 1.54) is 77.6 Å². The lowest BCUT2D eigenvalue weighted by molar-refractivity contribution is 0.669. The number of rotatable bonds is 4. The molecule has 2 aliphatic rings. The Hall–Kier alpha value is -7.30. The van der Waals surface area contributed by atoms with Crippen molar-refractivity contribution in [2.45, 2.75) is 0 Å². The molecular weight excluding hydrogens is 679 g/mol. The van der Waals surface area contributed by atoms with Gasteiger partial charge in [-0.3, -0.25) is 0 Å². The molecular formula is C52H33BN2O. The Morgan fingerprint density at radius 2 is 0.911 bits per heavy atom. The van der Waals surface area contributed by atoms with Crippen LogP contribution in [0, 0.1) is 0 Å². The summed E-state index contributed by atoms with van der Waals surface area (Å²) in [4.78, 5) is 4.89. The van der Waals surface area contributed by atoms with Crippen LogP contribution in [0.3, 0.4) is 0 Å². The number of fused-ring (bicyclic) bond motifs is 9. The Morgan fingerprint density at radius 3 is 1.64 bits per heavy atom. The van der Waals surface area contributed by atoms with E-state index in [1.54, 1.807) is 0 Å². The third-order valence-corrected chi connectivity index (χ3v) is 11.8. The molecule has 3 heterocycles. The standard InChI is InChI=1S/C52H33BN2O/c1-3-14-37(15-4-1)54-45-22-11-10-21-43(45)53-44-32-36(30-31-46(44)55(38-16-5-2-6-17-38)48-24-13-23-47(54)52(48)53)34-26-28-35(29-27-34)42-33-50-51(40-19-8-7-18-39(40)42)41-20-9-12-25-49(41)56-50/h1-33H. The Labute approximate surface area is 325 Å². The molecule has 1 aromatic heterocycles. The van der Waals surface area contributed by atoms with Crippen molar-refractivity contribution in [3.05, 3.63) is 200 Å². The molecule has 10 aromatic rings. The monoisotopic (exact) mass is 712 g/mol. The van der Waals surface area contributed by atoms with E-state index in [9.17, 15) is 0 Å². The van der Waals surface area contributed by atoms with E-state index in [0.29, 0.717) is 0 Å². The number of nitrogens with zero attached hydrogens (tertiary/aromatic N) is 2. The van der Waals surface area contributed by atoms with Crippen LogP contribution in [0.5, 0.6) is 0 Å². The minimum atomic E-state index is 0.0634. The van der Waals surface area contributed by atoms with Gasteiger partial charge in [-0.15, -0.1) is 0 Å². The van der Waals surface area contributed by atoms with Gasteiger partial charge in [0.2, 0.25) is 0 Å². The molecule has 0 N–H and O–H groups in total. The number of para-hydroxylation sites is 4. The summed E-state index contributed by atoms with van der Waals surface area (Å²) >= 11 is 0. The summed E-state index contributed by atoms with van der Waals surface area (Å²) in [5.41, 5.74) is 17.7. The van der Waals surface area contributed by atoms with Gasteiger partial charge in [0.25, 0.3) is 6.71 Å². The van der Waals surface area contributed by atoms with Crippen LogP contribution in [0.4, 0.5) is 34.1 Å². The summed E-state index contributed by atoms with van der Waals surface area (Å²) in [5, 5.41) is 4.77. The zero-order valence-electron chi connectivity index (χ0n) is 30.4. The van der Waals surface area contributed by atoms with E-state index in [1.807, 2.05) is 6.07 Å². The summed E-state index contributed by atoms with van der Waals surface area (Å²) in [6.45, 7) is 0.0634. The van der Waals surface area contributed by atoms with Crippen molar-refractivity contribution < 1.29 is 4.42 Å². The van der Waals surface area contributed by atoms with Crippen molar-refractivity contribution in [1.82, 2.24) is 0 Å². The maximum atomic E-state index is 6.42. The Morgan fingerprint density at radius 1 is 0.357 bits per heavy atom. The van der Waals surface area contributed by atoms with Crippen LogP contribution >= 0.6 is 0 Å². The van der Waals surface area contributed by atoms with Gasteiger partial charge in [0.15, 0.2) is 0 Å². The first-order valence-electron chi connectivity index (χ1n) is 19.3. The summed E-state index contributed by atoms with van der Waals surface area (Å²) < 4.78 is 6.42. The molecule has 0 saturated carbocycles. The molecule has 56 heavy (non-hydrogen) atoms. The second kappa shape index (κ2) is 12.1. The molecule has 2 aliphatic heterocycles. The minimum absolute atomic E-state index is 0.0634. The van der Waals surface area contributed by atoms with Gasteiger partial charge in [0, 0.05) is 44.9 Å². The molecule has 0 radical (unpaired) electrons. The highest BCUT2D eigenvalue weighted by molar-refractivity contribution is 7.00. The molecule has 0 atom stereocenters. The van der Waals surface area contributed by atoms with E-state index >= 15 is 0 Å². The van der Waals surface area contributed by atoms with Crippen LogP contribution in [0.15, 0.2) is 205 Å². The van der Waals surface area contributed by atoms with Crippen LogP contribution in [-0.4, -0.2) is 6.71 Å². The molecule has 0 bridgehead atoms. The van der Waals surface area contributed by atoms with Gasteiger partial charge in [-0.25, -0.2) is 0 Å². The predicted molar refractivity (Wildman–Crippen MR) is 236 cm³/mol. The fourth-order valence-corrected chi connectivity index (χ4v) is 9.45. The van der Waals surface area contributed by atoms with E-state index in [4.69, 9.17) is 4.42 Å². The molecule has 260 valence electrons. The average molecular weight is 713 g/mol. The minimum Gasteiger partial charge on any atom is -0.456 e. The fourth-order valence-electron chi connectivity index (χ4n) is 9.45. The maximum absolute atomic E-state index is 6.42. The molecule has 9 aromatic carbocycles. The van der Waals surface area contributed by atoms with Crippen molar-refractivity contribution in [3.8, 4) is 22.3 Å². The van der Waals surface area contributed by atoms with Gasteiger partial charge < -0.3 is 14.2 Å². The second-order valence-electron chi connectivity index (χ2n) is 14.8. The van der Waals surface area contributed by atoms with Gasteiger partial charge in [-0.1, -0.05) is 140 Å². The zero-order valence-corrected chi connectivity index (χ0v) is 30.4. The van der Waals surface area contributed by atoms with Gasteiger partial charge in [-0.2, -0.15) is 0 Å². The lowest BCUT2D eigenvalue weighted by atomic mass is 9.33. The molecule has 0 saturated heterocycles. The van der Waals surface area contributed by atoms with Crippen molar-refractivity contribution in [1.29, 1.82) is 0 Å². The maximum Gasteiger partial charge on any atom is 0.252 e. The Balaban J connectivity index is 1.02. The molecule has 0 spiro atoms. The van der Waals surface area contributed by atoms with Gasteiger partial charge in [0.1, 0.15) is 11.2 Å². The van der Waals surface area contributed by atoms with Gasteiger partial charge >= 0.3 is 0 Å². The summed E-state index contributed by atoms with van der Waals surface area (Å²) in [7, 11) is 0. The average Bonchev–Trinajstić information content (AvgIpc) is 3.65. The van der Waals surface area contributed by atoms with Crippen molar-refractivity contribution in [2.75, 3.05) is 9.80 Å². The predicted octanol–water partition coefficient (Wildman–Crippen LogP) is 12.2. The number of anilines is 6. The van der Waals surface area contributed by atoms with E-state index in [-0.39, 0.29) is 6.71 Å². The smallest absolute Gasteiger partial charge is 0.252 e. The zero-order chi connectivity index (χ0) is 36.7. The van der Waals surface area contributed by atoms with Crippen molar-refractivity contribution in [3.63, 3.8) is 0 Å². The molecule has 0 aliphatic carbocycles. The van der Waals surface area contributed by atoms with Crippen LogP contribution in [-0.2, 0) is 0 Å². The van der Waals surface area contributed by atoms with Gasteiger partial charge in [-0.05, 0) is 110 Å². The lowest BCUT2D eigenvalue weighted by Crippen LogP contribution is -2.61. The van der Waals surface area contributed by atoms with Crippen LogP contribution in [0.25, 0.3) is 55.0 Å². The topological polar surface area (TPSA) is 19.6 Å². The van der Waals surface area contributed by atoms with Crippen molar-refractivity contribution >= 4 is 89.9 Å². The molecule has 0 fully saturated rings. The number of hydrogen-bond donors (Lipinski definition) is 0. The SMILES string of the molecule is c1ccc(N2c3ccccc3B3c4cc(-c5ccc(-c6cc7oc8ccccc8c7c7ccccc67)cc5)ccc4N(c4ccccc4)c4cccc2c43)cc1. The highest BCUT2D eigenvalue weighted by atomic mass is 16.3. The van der Waals surface area contributed by atoms with Gasteiger partial charge in [0.05, 0.1) is 0 Å². The van der Waals surface area contributed by atoms with Crippen molar-refractivity contribution in [2.24, 2.45) is 0 Å².